The van der Waals surface area contributed by atoms with Gasteiger partial charge >= 0.3 is 12.0 Å². The Bertz CT molecular complexity index is 434. The number of rotatable bonds is 3. The van der Waals surface area contributed by atoms with Crippen molar-refractivity contribution in [2.75, 3.05) is 32.8 Å². The Kier molecular flexibility index (Phi) is 4.66. The molecule has 0 bridgehead atoms. The van der Waals surface area contributed by atoms with Crippen LogP contribution in [0.4, 0.5) is 4.79 Å². The molecule has 1 atom stereocenters. The normalized spacial score (nSPS) is 25.1. The van der Waals surface area contributed by atoms with E-state index in [2.05, 4.69) is 17.6 Å². The number of nitrogens with zero attached hydrogens (tertiary/aromatic N) is 1. The second-order valence-electron chi connectivity index (χ2n) is 5.87. The van der Waals surface area contributed by atoms with Crippen LogP contribution in [-0.4, -0.2) is 66.8 Å². The number of carboxylic acid groups (broad SMARTS) is 1. The molecular weight excluding hydrogens is 278 g/mol. The molecule has 0 saturated carbocycles. The minimum atomic E-state index is -1.12. The van der Waals surface area contributed by atoms with Gasteiger partial charge in [-0.15, -0.1) is 0 Å². The maximum absolute atomic E-state index is 12.2. The molecule has 0 aromatic carbocycles. The van der Waals surface area contributed by atoms with Crippen molar-refractivity contribution in [1.82, 2.24) is 15.5 Å². The summed E-state index contributed by atoms with van der Waals surface area (Å²) in [4.78, 5) is 35.8. The van der Waals surface area contributed by atoms with E-state index in [0.717, 1.165) is 17.7 Å². The molecule has 21 heavy (non-hydrogen) atoms. The first-order valence-corrected chi connectivity index (χ1v) is 7.03. The Morgan fingerprint density at radius 1 is 1.48 bits per heavy atom. The van der Waals surface area contributed by atoms with Gasteiger partial charge in [-0.2, -0.15) is 0 Å². The van der Waals surface area contributed by atoms with Gasteiger partial charge in [0.15, 0.2) is 0 Å². The van der Waals surface area contributed by atoms with E-state index in [9.17, 15) is 14.4 Å². The lowest BCUT2D eigenvalue weighted by atomic mass is 9.82. The zero-order valence-corrected chi connectivity index (χ0v) is 12.1. The van der Waals surface area contributed by atoms with Gasteiger partial charge in [-0.05, 0) is 18.3 Å². The summed E-state index contributed by atoms with van der Waals surface area (Å²) >= 11 is 0. The van der Waals surface area contributed by atoms with Gasteiger partial charge < -0.3 is 20.5 Å². The fourth-order valence-electron chi connectivity index (χ4n) is 2.51. The molecule has 2 saturated heterocycles. The largest absolute Gasteiger partial charge is 0.480 e. The molecule has 2 aliphatic heterocycles. The monoisotopic (exact) mass is 299 g/mol. The molecule has 2 rings (SSSR count). The van der Waals surface area contributed by atoms with E-state index in [1.165, 1.54) is 0 Å². The lowest BCUT2D eigenvalue weighted by molar-refractivity contribution is -0.144. The summed E-state index contributed by atoms with van der Waals surface area (Å²) < 4.78 is 5.30. The van der Waals surface area contributed by atoms with Crippen LogP contribution in [-0.2, 0) is 14.3 Å². The molecule has 3 N–H and O–H groups in total. The molecule has 118 valence electrons. The zero-order chi connectivity index (χ0) is 15.5. The molecule has 0 radical (unpaired) electrons. The summed E-state index contributed by atoms with van der Waals surface area (Å²) in [6, 6.07) is -1.53. The third-order valence-electron chi connectivity index (χ3n) is 4.09. The number of urea groups is 1. The van der Waals surface area contributed by atoms with Gasteiger partial charge in [0.05, 0.1) is 0 Å². The van der Waals surface area contributed by atoms with Crippen LogP contribution in [0, 0.1) is 5.41 Å². The van der Waals surface area contributed by atoms with Crippen LogP contribution in [0.3, 0.4) is 0 Å². The van der Waals surface area contributed by atoms with E-state index in [-0.39, 0.29) is 24.4 Å². The predicted molar refractivity (Wildman–Crippen MR) is 72.7 cm³/mol. The highest BCUT2D eigenvalue weighted by atomic mass is 16.5. The molecule has 0 aromatic rings. The van der Waals surface area contributed by atoms with E-state index >= 15 is 0 Å². The van der Waals surface area contributed by atoms with E-state index in [1.54, 1.807) is 0 Å². The number of amides is 3. The third-order valence-corrected chi connectivity index (χ3v) is 4.09. The fourth-order valence-corrected chi connectivity index (χ4v) is 2.51. The highest BCUT2D eigenvalue weighted by Crippen LogP contribution is 2.28. The number of hydrogen-bond donors (Lipinski definition) is 3. The molecular formula is C13H21N3O5. The van der Waals surface area contributed by atoms with Crippen molar-refractivity contribution in [1.29, 1.82) is 0 Å². The first kappa shape index (κ1) is 15.6. The van der Waals surface area contributed by atoms with Gasteiger partial charge in [0.2, 0.25) is 5.91 Å². The number of carbonyl (C=O) groups excluding carboxylic acids is 2. The van der Waals surface area contributed by atoms with Crippen molar-refractivity contribution in [3.63, 3.8) is 0 Å². The van der Waals surface area contributed by atoms with Gasteiger partial charge in [-0.1, -0.05) is 6.92 Å². The summed E-state index contributed by atoms with van der Waals surface area (Å²) in [6.07, 6.45) is 1.69. The summed E-state index contributed by atoms with van der Waals surface area (Å²) in [7, 11) is 0. The average molecular weight is 299 g/mol. The van der Waals surface area contributed by atoms with E-state index in [4.69, 9.17) is 9.84 Å². The Morgan fingerprint density at radius 2 is 2.14 bits per heavy atom. The lowest BCUT2D eigenvalue weighted by Gasteiger charge is -2.36. The van der Waals surface area contributed by atoms with E-state index in [0.29, 0.717) is 19.8 Å². The predicted octanol–water partition coefficient (Wildman–Crippen LogP) is -0.602. The van der Waals surface area contributed by atoms with Crippen molar-refractivity contribution in [3.05, 3.63) is 0 Å². The van der Waals surface area contributed by atoms with Crippen LogP contribution in [0.2, 0.25) is 0 Å². The highest BCUT2D eigenvalue weighted by molar-refractivity contribution is 5.90. The number of nitrogens with one attached hydrogen (secondary N) is 2. The van der Waals surface area contributed by atoms with E-state index in [1.807, 2.05) is 0 Å². The number of ether oxygens (including phenoxy) is 1. The van der Waals surface area contributed by atoms with Crippen molar-refractivity contribution in [2.24, 2.45) is 5.41 Å². The molecule has 0 aliphatic carbocycles. The van der Waals surface area contributed by atoms with Gasteiger partial charge in [0.1, 0.15) is 12.6 Å². The number of hydrogen-bond acceptors (Lipinski definition) is 4. The quantitative estimate of drug-likeness (QED) is 0.645. The van der Waals surface area contributed by atoms with E-state index < -0.39 is 18.0 Å². The molecule has 3 amide bonds. The lowest BCUT2D eigenvalue weighted by Crippen LogP contribution is -2.61. The van der Waals surface area contributed by atoms with Gasteiger partial charge in [-0.3, -0.25) is 9.69 Å². The Morgan fingerprint density at radius 3 is 2.76 bits per heavy atom. The molecule has 0 spiro atoms. The maximum Gasteiger partial charge on any atom is 0.328 e. The SMILES string of the molecule is CC1(CNC(=O)N2CC(=O)NCC2C(=O)O)CCOCC1. The fraction of sp³-hybridized carbons (Fsp3) is 0.769. The topological polar surface area (TPSA) is 108 Å². The Balaban J connectivity index is 1.93. The van der Waals surface area contributed by atoms with Gasteiger partial charge in [0, 0.05) is 26.3 Å². The highest BCUT2D eigenvalue weighted by Gasteiger charge is 2.36. The first-order valence-electron chi connectivity index (χ1n) is 7.03. The summed E-state index contributed by atoms with van der Waals surface area (Å²) in [5, 5.41) is 14.3. The van der Waals surface area contributed by atoms with Crippen LogP contribution in [0.25, 0.3) is 0 Å². The Hall–Kier alpha value is -1.83. The molecule has 8 heteroatoms. The number of carbonyl (C=O) groups is 3. The number of aliphatic carboxylic acids is 1. The van der Waals surface area contributed by atoms with Crippen LogP contribution in [0.1, 0.15) is 19.8 Å². The summed E-state index contributed by atoms with van der Waals surface area (Å²) in [5.74, 6) is -1.47. The van der Waals surface area contributed by atoms with Crippen molar-refractivity contribution >= 4 is 17.9 Å². The molecule has 2 heterocycles. The number of carboxylic acids is 1. The molecule has 2 fully saturated rings. The standard InChI is InChI=1S/C13H21N3O5/c1-13(2-4-21-5-3-13)8-15-12(20)16-7-10(17)14-6-9(16)11(18)19/h9H,2-8H2,1H3,(H,14,17)(H,15,20)(H,18,19). The second-order valence-corrected chi connectivity index (χ2v) is 5.87. The maximum atomic E-state index is 12.2. The van der Waals surface area contributed by atoms with Gasteiger partial charge in [-0.25, -0.2) is 9.59 Å². The summed E-state index contributed by atoms with van der Waals surface area (Å²) in [6.45, 7) is 3.54. The molecule has 2 aliphatic rings. The Labute approximate surface area is 122 Å². The molecule has 0 aromatic heterocycles. The average Bonchev–Trinajstić information content (AvgIpc) is 2.45. The van der Waals surface area contributed by atoms with Gasteiger partial charge in [0.25, 0.3) is 0 Å². The molecule has 1 unspecified atom stereocenters. The van der Waals surface area contributed by atoms with Crippen LogP contribution in [0.5, 0.6) is 0 Å². The molecule has 8 nitrogen and oxygen atoms in total. The van der Waals surface area contributed by atoms with Crippen LogP contribution < -0.4 is 10.6 Å². The summed E-state index contributed by atoms with van der Waals surface area (Å²) in [5.41, 5.74) is -0.0509. The van der Waals surface area contributed by atoms with Crippen LogP contribution in [0.15, 0.2) is 0 Å². The van der Waals surface area contributed by atoms with Crippen molar-refractivity contribution in [2.45, 2.75) is 25.8 Å². The number of piperazine rings is 1. The zero-order valence-electron chi connectivity index (χ0n) is 12.1. The minimum absolute atomic E-state index is 0.0509. The first-order chi connectivity index (χ1) is 9.91. The second kappa shape index (κ2) is 6.30. The van der Waals surface area contributed by atoms with Crippen LogP contribution >= 0.6 is 0 Å². The third kappa shape index (κ3) is 3.84. The van der Waals surface area contributed by atoms with Crippen molar-refractivity contribution < 1.29 is 24.2 Å². The minimum Gasteiger partial charge on any atom is -0.480 e. The van der Waals surface area contributed by atoms with Crippen molar-refractivity contribution in [3.8, 4) is 0 Å². The smallest absolute Gasteiger partial charge is 0.328 e.